The summed E-state index contributed by atoms with van der Waals surface area (Å²) in [4.78, 5) is 28.4. The first-order chi connectivity index (χ1) is 12.1. The number of carbonyl (C=O) groups excluding carboxylic acids is 2. The Bertz CT molecular complexity index is 559. The van der Waals surface area contributed by atoms with E-state index in [1.807, 2.05) is 41.0 Å². The maximum Gasteiger partial charge on any atom is 0.227 e. The molecule has 1 aliphatic rings. The maximum atomic E-state index is 12.5. The van der Waals surface area contributed by atoms with E-state index in [2.05, 4.69) is 0 Å². The van der Waals surface area contributed by atoms with Crippen LogP contribution >= 0.6 is 0 Å². The third kappa shape index (κ3) is 6.05. The number of hydrogen-bond acceptors (Lipinski definition) is 4. The van der Waals surface area contributed by atoms with E-state index in [0.29, 0.717) is 52.2 Å². The zero-order chi connectivity index (χ0) is 18.1. The van der Waals surface area contributed by atoms with E-state index in [0.717, 1.165) is 17.7 Å². The highest BCUT2D eigenvalue weighted by atomic mass is 16.5. The van der Waals surface area contributed by atoms with Crippen molar-refractivity contribution in [3.8, 4) is 5.75 Å². The number of methoxy groups -OCH3 is 1. The molecule has 0 atom stereocenters. The molecule has 1 aliphatic heterocycles. The lowest BCUT2D eigenvalue weighted by atomic mass is 10.1. The van der Waals surface area contributed by atoms with Gasteiger partial charge in [0.05, 0.1) is 26.6 Å². The molecule has 25 heavy (non-hydrogen) atoms. The van der Waals surface area contributed by atoms with Crippen LogP contribution in [-0.2, 0) is 20.7 Å². The van der Waals surface area contributed by atoms with Gasteiger partial charge >= 0.3 is 0 Å². The Labute approximate surface area is 149 Å². The number of benzene rings is 1. The minimum atomic E-state index is 0.105. The van der Waals surface area contributed by atoms with Crippen LogP contribution in [0.25, 0.3) is 0 Å². The van der Waals surface area contributed by atoms with Crippen LogP contribution in [0.1, 0.15) is 25.3 Å². The van der Waals surface area contributed by atoms with Crippen molar-refractivity contribution in [2.45, 2.75) is 26.2 Å². The molecular weight excluding hydrogens is 320 g/mol. The summed E-state index contributed by atoms with van der Waals surface area (Å²) in [6.45, 7) is 5.60. The summed E-state index contributed by atoms with van der Waals surface area (Å²) in [5.41, 5.74) is 0.972. The molecule has 0 aromatic heterocycles. The Kier molecular flexibility index (Phi) is 7.73. The molecule has 6 heteroatoms. The van der Waals surface area contributed by atoms with E-state index in [9.17, 15) is 9.59 Å². The van der Waals surface area contributed by atoms with Gasteiger partial charge in [-0.05, 0) is 31.0 Å². The number of ether oxygens (including phenoxy) is 2. The second kappa shape index (κ2) is 10.0. The molecule has 1 heterocycles. The fraction of sp³-hybridized carbons (Fsp3) is 0.579. The fourth-order valence-electron chi connectivity index (χ4n) is 2.91. The highest BCUT2D eigenvalue weighted by molar-refractivity contribution is 5.79. The number of amides is 2. The predicted octanol–water partition coefficient (Wildman–Crippen LogP) is 1.73. The van der Waals surface area contributed by atoms with Crippen LogP contribution in [0, 0.1) is 0 Å². The van der Waals surface area contributed by atoms with Crippen LogP contribution in [0.2, 0.25) is 0 Å². The minimum absolute atomic E-state index is 0.105. The first-order valence-corrected chi connectivity index (χ1v) is 8.90. The molecule has 2 rings (SSSR count). The third-order valence-electron chi connectivity index (χ3n) is 4.38. The normalized spacial score (nSPS) is 15.0. The average Bonchev–Trinajstić information content (AvgIpc) is 2.89. The Balaban J connectivity index is 1.82. The number of nitrogens with zero attached hydrogens (tertiary/aromatic N) is 2. The fourth-order valence-corrected chi connectivity index (χ4v) is 2.91. The van der Waals surface area contributed by atoms with Crippen LogP contribution in [0.3, 0.4) is 0 Å². The van der Waals surface area contributed by atoms with Gasteiger partial charge in [-0.1, -0.05) is 12.1 Å². The van der Waals surface area contributed by atoms with Crippen LogP contribution in [0.15, 0.2) is 24.3 Å². The average molecular weight is 348 g/mol. The Morgan fingerprint density at radius 3 is 2.24 bits per heavy atom. The van der Waals surface area contributed by atoms with Gasteiger partial charge in [-0.15, -0.1) is 0 Å². The predicted molar refractivity (Wildman–Crippen MR) is 95.6 cm³/mol. The molecule has 0 unspecified atom stereocenters. The summed E-state index contributed by atoms with van der Waals surface area (Å²) in [5, 5.41) is 0. The highest BCUT2D eigenvalue weighted by Gasteiger charge is 2.21. The quantitative estimate of drug-likeness (QED) is 0.704. The van der Waals surface area contributed by atoms with Crippen molar-refractivity contribution in [2.24, 2.45) is 0 Å². The van der Waals surface area contributed by atoms with Crippen molar-refractivity contribution in [3.05, 3.63) is 29.8 Å². The molecule has 1 aromatic carbocycles. The van der Waals surface area contributed by atoms with E-state index in [4.69, 9.17) is 9.47 Å². The van der Waals surface area contributed by atoms with Crippen molar-refractivity contribution in [1.82, 2.24) is 9.80 Å². The topological polar surface area (TPSA) is 59.1 Å². The van der Waals surface area contributed by atoms with Crippen LogP contribution in [0.5, 0.6) is 5.75 Å². The van der Waals surface area contributed by atoms with E-state index in [1.165, 1.54) is 0 Å². The molecule has 1 aromatic rings. The largest absolute Gasteiger partial charge is 0.497 e. The number of rotatable bonds is 7. The summed E-state index contributed by atoms with van der Waals surface area (Å²) in [6, 6.07) is 7.56. The van der Waals surface area contributed by atoms with Gasteiger partial charge in [-0.3, -0.25) is 9.59 Å². The van der Waals surface area contributed by atoms with Gasteiger partial charge in [0.2, 0.25) is 11.8 Å². The van der Waals surface area contributed by atoms with E-state index in [-0.39, 0.29) is 11.8 Å². The molecule has 6 nitrogen and oxygen atoms in total. The lowest BCUT2D eigenvalue weighted by Crippen LogP contribution is -2.38. The van der Waals surface area contributed by atoms with Crippen LogP contribution in [0.4, 0.5) is 0 Å². The standard InChI is InChI=1S/C19H28N2O4/c1-3-25-14-9-18(22)20-10-4-11-21(13-12-20)19(23)15-16-5-7-17(24-2)8-6-16/h5-8H,3-4,9-15H2,1-2H3. The molecule has 0 N–H and O–H groups in total. The summed E-state index contributed by atoms with van der Waals surface area (Å²) in [7, 11) is 1.62. The second-order valence-electron chi connectivity index (χ2n) is 6.09. The lowest BCUT2D eigenvalue weighted by Gasteiger charge is -2.22. The van der Waals surface area contributed by atoms with Crippen molar-refractivity contribution in [3.63, 3.8) is 0 Å². The molecule has 0 bridgehead atoms. The van der Waals surface area contributed by atoms with Gasteiger partial charge in [0.1, 0.15) is 5.75 Å². The van der Waals surface area contributed by atoms with Gasteiger partial charge in [0.15, 0.2) is 0 Å². The third-order valence-corrected chi connectivity index (χ3v) is 4.38. The smallest absolute Gasteiger partial charge is 0.227 e. The molecule has 0 aliphatic carbocycles. The maximum absolute atomic E-state index is 12.5. The van der Waals surface area contributed by atoms with E-state index in [1.54, 1.807) is 7.11 Å². The first-order valence-electron chi connectivity index (χ1n) is 8.90. The first kappa shape index (κ1) is 19.2. The molecule has 2 amide bonds. The van der Waals surface area contributed by atoms with Gasteiger partial charge in [-0.2, -0.15) is 0 Å². The molecule has 1 saturated heterocycles. The Hall–Kier alpha value is -2.08. The van der Waals surface area contributed by atoms with Crippen molar-refractivity contribution in [1.29, 1.82) is 0 Å². The molecule has 0 saturated carbocycles. The van der Waals surface area contributed by atoms with E-state index >= 15 is 0 Å². The van der Waals surface area contributed by atoms with Crippen molar-refractivity contribution >= 4 is 11.8 Å². The summed E-state index contributed by atoms with van der Waals surface area (Å²) >= 11 is 0. The van der Waals surface area contributed by atoms with Gasteiger partial charge in [0.25, 0.3) is 0 Å². The zero-order valence-electron chi connectivity index (χ0n) is 15.2. The van der Waals surface area contributed by atoms with E-state index < -0.39 is 0 Å². The molecule has 0 radical (unpaired) electrons. The van der Waals surface area contributed by atoms with Crippen LogP contribution < -0.4 is 4.74 Å². The molecule has 0 spiro atoms. The number of hydrogen-bond donors (Lipinski definition) is 0. The SMILES string of the molecule is CCOCCC(=O)N1CCCN(C(=O)Cc2ccc(OC)cc2)CC1. The molecule has 1 fully saturated rings. The van der Waals surface area contributed by atoms with Gasteiger partial charge in [-0.25, -0.2) is 0 Å². The summed E-state index contributed by atoms with van der Waals surface area (Å²) in [6.07, 6.45) is 1.60. The second-order valence-corrected chi connectivity index (χ2v) is 6.09. The lowest BCUT2D eigenvalue weighted by molar-refractivity contribution is -0.133. The van der Waals surface area contributed by atoms with Crippen molar-refractivity contribution in [2.75, 3.05) is 46.5 Å². The van der Waals surface area contributed by atoms with Crippen LogP contribution in [-0.4, -0.2) is 68.1 Å². The minimum Gasteiger partial charge on any atom is -0.497 e. The zero-order valence-corrected chi connectivity index (χ0v) is 15.2. The molecular formula is C19H28N2O4. The van der Waals surface area contributed by atoms with Gasteiger partial charge in [0, 0.05) is 32.8 Å². The summed E-state index contributed by atoms with van der Waals surface area (Å²) < 4.78 is 10.4. The van der Waals surface area contributed by atoms with Crippen molar-refractivity contribution < 1.29 is 19.1 Å². The number of carbonyl (C=O) groups is 2. The summed E-state index contributed by atoms with van der Waals surface area (Å²) in [5.74, 6) is 0.999. The Morgan fingerprint density at radius 1 is 1.00 bits per heavy atom. The molecule has 138 valence electrons. The monoisotopic (exact) mass is 348 g/mol. The highest BCUT2D eigenvalue weighted by Crippen LogP contribution is 2.13. The van der Waals surface area contributed by atoms with Gasteiger partial charge < -0.3 is 19.3 Å². The Morgan fingerprint density at radius 2 is 1.64 bits per heavy atom.